The zero-order valence-electron chi connectivity index (χ0n) is 18.0. The predicted octanol–water partition coefficient (Wildman–Crippen LogP) is 5.87. The summed E-state index contributed by atoms with van der Waals surface area (Å²) in [7, 11) is 0. The number of carbonyl (C=O) groups is 3. The lowest BCUT2D eigenvalue weighted by molar-refractivity contribution is -0.127. The van der Waals surface area contributed by atoms with Gasteiger partial charge in [0.25, 0.3) is 11.1 Å². The van der Waals surface area contributed by atoms with Crippen molar-refractivity contribution in [2.75, 3.05) is 11.9 Å². The molecule has 0 aromatic heterocycles. The number of ether oxygens (including phenoxy) is 1. The molecule has 1 heterocycles. The van der Waals surface area contributed by atoms with E-state index in [2.05, 4.69) is 5.32 Å². The van der Waals surface area contributed by atoms with Crippen molar-refractivity contribution < 1.29 is 27.9 Å². The molecule has 0 saturated carbocycles. The summed E-state index contributed by atoms with van der Waals surface area (Å²) >= 11 is 6.83. The fraction of sp³-hybridized carbons (Fsp3) is 0.0800. The molecule has 35 heavy (non-hydrogen) atoms. The second kappa shape index (κ2) is 10.7. The van der Waals surface area contributed by atoms with Crippen molar-refractivity contribution in [3.63, 3.8) is 0 Å². The minimum Gasteiger partial charge on any atom is -0.489 e. The first-order valence-electron chi connectivity index (χ1n) is 10.3. The number of thioether (sulfide) groups is 1. The Balaban J connectivity index is 1.41. The first-order valence-corrected chi connectivity index (χ1v) is 11.5. The zero-order valence-corrected chi connectivity index (χ0v) is 19.5. The SMILES string of the molecule is O=C(CN1C(=O)S/C(=C/c2cccc(OCc3ccccc3Cl)c2)C1=O)Nc1ccc(F)cc1F. The first-order chi connectivity index (χ1) is 16.8. The summed E-state index contributed by atoms with van der Waals surface area (Å²) < 4.78 is 32.6. The van der Waals surface area contributed by atoms with Gasteiger partial charge in [-0.05, 0) is 53.7 Å². The molecule has 3 amide bonds. The van der Waals surface area contributed by atoms with Crippen molar-refractivity contribution in [2.45, 2.75) is 6.61 Å². The van der Waals surface area contributed by atoms with Gasteiger partial charge >= 0.3 is 0 Å². The number of hydrogen-bond acceptors (Lipinski definition) is 5. The molecule has 1 fully saturated rings. The molecular formula is C25H17ClF2N2O4S. The highest BCUT2D eigenvalue weighted by atomic mass is 35.5. The lowest BCUT2D eigenvalue weighted by Gasteiger charge is -2.12. The van der Waals surface area contributed by atoms with Crippen LogP contribution in [0.3, 0.4) is 0 Å². The number of nitrogens with one attached hydrogen (secondary N) is 1. The van der Waals surface area contributed by atoms with E-state index in [1.54, 1.807) is 30.3 Å². The fourth-order valence-corrected chi connectivity index (χ4v) is 4.21. The Labute approximate surface area is 208 Å². The number of benzene rings is 3. The van der Waals surface area contributed by atoms with Gasteiger partial charge < -0.3 is 10.1 Å². The Bertz CT molecular complexity index is 1350. The Morgan fingerprint density at radius 2 is 1.86 bits per heavy atom. The van der Waals surface area contributed by atoms with E-state index >= 15 is 0 Å². The van der Waals surface area contributed by atoms with Crippen LogP contribution < -0.4 is 10.1 Å². The number of hydrogen-bond donors (Lipinski definition) is 1. The molecular weight excluding hydrogens is 498 g/mol. The van der Waals surface area contributed by atoms with Gasteiger partial charge in [-0.1, -0.05) is 41.9 Å². The van der Waals surface area contributed by atoms with E-state index in [0.29, 0.717) is 34.2 Å². The van der Waals surface area contributed by atoms with Gasteiger partial charge in [0.15, 0.2) is 0 Å². The zero-order chi connectivity index (χ0) is 24.9. The molecule has 1 aliphatic rings. The number of nitrogens with zero attached hydrogens (tertiary/aromatic N) is 1. The van der Waals surface area contributed by atoms with E-state index in [1.807, 2.05) is 18.2 Å². The maximum Gasteiger partial charge on any atom is 0.294 e. The molecule has 178 valence electrons. The van der Waals surface area contributed by atoms with Crippen molar-refractivity contribution in [2.24, 2.45) is 0 Å². The summed E-state index contributed by atoms with van der Waals surface area (Å²) in [6, 6.07) is 16.9. The van der Waals surface area contributed by atoms with Crippen molar-refractivity contribution in [3.05, 3.63) is 99.4 Å². The molecule has 0 unspecified atom stereocenters. The van der Waals surface area contributed by atoms with Gasteiger partial charge in [-0.25, -0.2) is 8.78 Å². The smallest absolute Gasteiger partial charge is 0.294 e. The van der Waals surface area contributed by atoms with Crippen molar-refractivity contribution in [1.82, 2.24) is 4.90 Å². The van der Waals surface area contributed by atoms with Crippen LogP contribution in [0.4, 0.5) is 19.3 Å². The first kappa shape index (κ1) is 24.4. The second-order valence-corrected chi connectivity index (χ2v) is 8.79. The van der Waals surface area contributed by atoms with E-state index in [1.165, 1.54) is 6.08 Å². The average Bonchev–Trinajstić information content (AvgIpc) is 3.08. The number of rotatable bonds is 7. The van der Waals surface area contributed by atoms with Crippen molar-refractivity contribution in [1.29, 1.82) is 0 Å². The second-order valence-electron chi connectivity index (χ2n) is 7.39. The summed E-state index contributed by atoms with van der Waals surface area (Å²) in [5, 5.41) is 2.18. The quantitative estimate of drug-likeness (QED) is 0.399. The largest absolute Gasteiger partial charge is 0.489 e. The maximum atomic E-state index is 13.8. The predicted molar refractivity (Wildman–Crippen MR) is 130 cm³/mol. The van der Waals surface area contributed by atoms with Crippen LogP contribution in [0.5, 0.6) is 5.75 Å². The summed E-state index contributed by atoms with van der Waals surface area (Å²) in [6.45, 7) is -0.358. The Morgan fingerprint density at radius 3 is 2.63 bits per heavy atom. The lowest BCUT2D eigenvalue weighted by atomic mass is 10.2. The molecule has 1 N–H and O–H groups in total. The van der Waals surface area contributed by atoms with Crippen LogP contribution >= 0.6 is 23.4 Å². The highest BCUT2D eigenvalue weighted by molar-refractivity contribution is 8.18. The van der Waals surface area contributed by atoms with Gasteiger partial charge in [0, 0.05) is 16.7 Å². The van der Waals surface area contributed by atoms with Crippen LogP contribution in [0.15, 0.2) is 71.6 Å². The standard InChI is InChI=1S/C25H17ClF2N2O4S/c26-19-7-2-1-5-16(19)14-34-18-6-3-4-15(10-18)11-22-24(32)30(25(33)35-22)13-23(31)29-21-9-8-17(27)12-20(21)28/h1-12H,13-14H2,(H,29,31)/b22-11+. The van der Waals surface area contributed by atoms with E-state index < -0.39 is 35.2 Å². The normalized spacial score (nSPS) is 14.5. The molecule has 3 aromatic rings. The molecule has 1 saturated heterocycles. The van der Waals surface area contributed by atoms with Crippen LogP contribution in [0.25, 0.3) is 6.08 Å². The number of carbonyl (C=O) groups excluding carboxylic acids is 3. The van der Waals surface area contributed by atoms with Gasteiger partial charge in [0.2, 0.25) is 5.91 Å². The molecule has 6 nitrogen and oxygen atoms in total. The van der Waals surface area contributed by atoms with Gasteiger partial charge in [-0.2, -0.15) is 0 Å². The summed E-state index contributed by atoms with van der Waals surface area (Å²) in [5.41, 5.74) is 1.18. The molecule has 10 heteroatoms. The van der Waals surface area contributed by atoms with Gasteiger partial charge in [-0.15, -0.1) is 0 Å². The highest BCUT2D eigenvalue weighted by Gasteiger charge is 2.36. The molecule has 0 bridgehead atoms. The van der Waals surface area contributed by atoms with E-state index in [-0.39, 0.29) is 17.2 Å². The van der Waals surface area contributed by atoms with Crippen molar-refractivity contribution in [3.8, 4) is 5.75 Å². The Morgan fingerprint density at radius 1 is 1.06 bits per heavy atom. The Hall–Kier alpha value is -3.69. The van der Waals surface area contributed by atoms with Crippen molar-refractivity contribution >= 4 is 52.2 Å². The topological polar surface area (TPSA) is 75.7 Å². The molecule has 0 aliphatic carbocycles. The van der Waals surface area contributed by atoms with Crippen LogP contribution in [0.2, 0.25) is 5.02 Å². The van der Waals surface area contributed by atoms with Crippen LogP contribution in [0, 0.1) is 11.6 Å². The van der Waals surface area contributed by atoms with Crippen LogP contribution in [0.1, 0.15) is 11.1 Å². The number of halogens is 3. The molecule has 3 aromatic carbocycles. The summed E-state index contributed by atoms with van der Waals surface area (Å²) in [4.78, 5) is 38.2. The highest BCUT2D eigenvalue weighted by Crippen LogP contribution is 2.32. The maximum absolute atomic E-state index is 13.8. The summed E-state index contributed by atoms with van der Waals surface area (Å²) in [5.74, 6) is -2.68. The monoisotopic (exact) mass is 514 g/mol. The fourth-order valence-electron chi connectivity index (χ4n) is 3.18. The number of imide groups is 1. The number of anilines is 1. The molecule has 4 rings (SSSR count). The molecule has 0 radical (unpaired) electrons. The molecule has 1 aliphatic heterocycles. The number of amides is 3. The van der Waals surface area contributed by atoms with Crippen LogP contribution in [-0.4, -0.2) is 28.5 Å². The minimum absolute atomic E-state index is 0.124. The average molecular weight is 515 g/mol. The van der Waals surface area contributed by atoms with Gasteiger partial charge in [-0.3, -0.25) is 19.3 Å². The van der Waals surface area contributed by atoms with Crippen LogP contribution in [-0.2, 0) is 16.2 Å². The van der Waals surface area contributed by atoms with E-state index in [4.69, 9.17) is 16.3 Å². The third kappa shape index (κ3) is 6.06. The molecule has 0 atom stereocenters. The van der Waals surface area contributed by atoms with Gasteiger partial charge in [0.1, 0.15) is 30.5 Å². The third-order valence-corrected chi connectivity index (χ3v) is 6.16. The lowest BCUT2D eigenvalue weighted by Crippen LogP contribution is -2.36. The third-order valence-electron chi connectivity index (χ3n) is 4.89. The molecule has 0 spiro atoms. The summed E-state index contributed by atoms with van der Waals surface area (Å²) in [6.07, 6.45) is 1.52. The van der Waals surface area contributed by atoms with E-state index in [9.17, 15) is 23.2 Å². The minimum atomic E-state index is -0.968. The van der Waals surface area contributed by atoms with Gasteiger partial charge in [0.05, 0.1) is 10.6 Å². The van der Waals surface area contributed by atoms with E-state index in [0.717, 1.165) is 22.6 Å². The Kier molecular flexibility index (Phi) is 7.48.